The van der Waals surface area contributed by atoms with E-state index >= 15 is 0 Å². The Morgan fingerprint density at radius 3 is 2.83 bits per heavy atom. The molecule has 2 nitrogen and oxygen atoms in total. The normalized spacial score (nSPS) is 10.0. The van der Waals surface area contributed by atoms with E-state index in [9.17, 15) is 4.79 Å². The van der Waals surface area contributed by atoms with Gasteiger partial charge in [-0.05, 0) is 25.3 Å². The number of carbonyl (C=O) groups is 1. The second-order valence-corrected chi connectivity index (χ2v) is 3.63. The predicted molar refractivity (Wildman–Crippen MR) is 74.6 cm³/mol. The van der Waals surface area contributed by atoms with Crippen LogP contribution in [0.1, 0.15) is 38.5 Å². The van der Waals surface area contributed by atoms with Crippen molar-refractivity contribution >= 4 is 5.97 Å². The summed E-state index contributed by atoms with van der Waals surface area (Å²) in [4.78, 5) is 10.8. The number of carbonyl (C=O) groups excluding carboxylic acids is 1. The molecule has 0 aromatic rings. The SMILES string of the molecule is C#CCCC=CC=CC#CCCCCC(=O)OC. The first-order valence-corrected chi connectivity index (χ1v) is 6.11. The lowest BCUT2D eigenvalue weighted by Gasteiger charge is -1.95. The van der Waals surface area contributed by atoms with Crippen LogP contribution in [0.2, 0.25) is 0 Å². The summed E-state index contributed by atoms with van der Waals surface area (Å²) in [5.41, 5.74) is 0. The second kappa shape index (κ2) is 13.1. The van der Waals surface area contributed by atoms with Crippen LogP contribution in [-0.4, -0.2) is 13.1 Å². The highest BCUT2D eigenvalue weighted by Gasteiger charge is 1.97. The molecule has 0 spiro atoms. The van der Waals surface area contributed by atoms with Crippen molar-refractivity contribution in [3.8, 4) is 24.2 Å². The number of ether oxygens (including phenoxy) is 1. The van der Waals surface area contributed by atoms with E-state index in [1.54, 1.807) is 0 Å². The quantitative estimate of drug-likeness (QED) is 0.297. The van der Waals surface area contributed by atoms with Crippen LogP contribution in [0.3, 0.4) is 0 Å². The largest absolute Gasteiger partial charge is 0.469 e. The van der Waals surface area contributed by atoms with Gasteiger partial charge in [0.1, 0.15) is 0 Å². The summed E-state index contributed by atoms with van der Waals surface area (Å²) in [6.07, 6.45) is 17.5. The molecule has 0 aliphatic heterocycles. The van der Waals surface area contributed by atoms with Gasteiger partial charge in [0, 0.05) is 19.3 Å². The average Bonchev–Trinajstić information content (AvgIpc) is 2.39. The molecule has 0 aromatic heterocycles. The highest BCUT2D eigenvalue weighted by molar-refractivity contribution is 5.68. The van der Waals surface area contributed by atoms with E-state index in [-0.39, 0.29) is 5.97 Å². The van der Waals surface area contributed by atoms with E-state index in [0.717, 1.165) is 32.1 Å². The zero-order valence-electron chi connectivity index (χ0n) is 10.9. The zero-order valence-corrected chi connectivity index (χ0v) is 10.9. The van der Waals surface area contributed by atoms with Crippen LogP contribution in [-0.2, 0) is 9.53 Å². The Kier molecular flexibility index (Phi) is 11.7. The van der Waals surface area contributed by atoms with Gasteiger partial charge in [-0.15, -0.1) is 12.3 Å². The third-order valence-corrected chi connectivity index (χ3v) is 2.14. The lowest BCUT2D eigenvalue weighted by atomic mass is 10.2. The molecule has 0 fully saturated rings. The molecule has 0 aliphatic rings. The molecule has 0 bridgehead atoms. The molecule has 0 saturated carbocycles. The molecule has 0 unspecified atom stereocenters. The van der Waals surface area contributed by atoms with E-state index in [1.807, 2.05) is 24.3 Å². The number of methoxy groups -OCH3 is 1. The Morgan fingerprint density at radius 2 is 2.11 bits per heavy atom. The van der Waals surface area contributed by atoms with Crippen LogP contribution < -0.4 is 0 Å². The van der Waals surface area contributed by atoms with E-state index in [4.69, 9.17) is 6.42 Å². The highest BCUT2D eigenvalue weighted by Crippen LogP contribution is 1.99. The number of esters is 1. The Morgan fingerprint density at radius 1 is 1.28 bits per heavy atom. The van der Waals surface area contributed by atoms with Crippen molar-refractivity contribution in [1.29, 1.82) is 0 Å². The molecule has 0 atom stereocenters. The molecule has 0 radical (unpaired) electrons. The Bertz CT molecular complexity index is 372. The molecular weight excluding hydrogens is 224 g/mol. The number of rotatable bonds is 7. The fourth-order valence-electron chi connectivity index (χ4n) is 1.16. The van der Waals surface area contributed by atoms with Crippen molar-refractivity contribution in [2.24, 2.45) is 0 Å². The maximum atomic E-state index is 10.8. The van der Waals surface area contributed by atoms with Crippen LogP contribution in [0, 0.1) is 24.2 Å². The van der Waals surface area contributed by atoms with Gasteiger partial charge >= 0.3 is 5.97 Å². The highest BCUT2D eigenvalue weighted by atomic mass is 16.5. The first-order valence-electron chi connectivity index (χ1n) is 6.11. The molecule has 2 heteroatoms. The molecule has 0 heterocycles. The lowest BCUT2D eigenvalue weighted by Crippen LogP contribution is -1.98. The summed E-state index contributed by atoms with van der Waals surface area (Å²) in [5.74, 6) is 8.39. The summed E-state index contributed by atoms with van der Waals surface area (Å²) >= 11 is 0. The maximum absolute atomic E-state index is 10.8. The van der Waals surface area contributed by atoms with Gasteiger partial charge in [-0.25, -0.2) is 0 Å². The third kappa shape index (κ3) is 12.1. The van der Waals surface area contributed by atoms with Gasteiger partial charge in [0.2, 0.25) is 0 Å². The van der Waals surface area contributed by atoms with Crippen molar-refractivity contribution in [3.63, 3.8) is 0 Å². The summed E-state index contributed by atoms with van der Waals surface area (Å²) < 4.78 is 4.54. The van der Waals surface area contributed by atoms with E-state index in [0.29, 0.717) is 6.42 Å². The fraction of sp³-hybridized carbons (Fsp3) is 0.438. The van der Waals surface area contributed by atoms with Crippen molar-refractivity contribution in [3.05, 3.63) is 24.3 Å². The van der Waals surface area contributed by atoms with Gasteiger partial charge < -0.3 is 4.74 Å². The summed E-state index contributed by atoms with van der Waals surface area (Å²) in [7, 11) is 1.41. The monoisotopic (exact) mass is 244 g/mol. The minimum Gasteiger partial charge on any atom is -0.469 e. The van der Waals surface area contributed by atoms with Crippen LogP contribution in [0.15, 0.2) is 24.3 Å². The molecule has 0 N–H and O–H groups in total. The Hall–Kier alpha value is -1.93. The van der Waals surface area contributed by atoms with Crippen LogP contribution >= 0.6 is 0 Å². The molecule has 0 amide bonds. The molecule has 0 saturated heterocycles. The van der Waals surface area contributed by atoms with E-state index in [2.05, 4.69) is 22.5 Å². The van der Waals surface area contributed by atoms with E-state index in [1.165, 1.54) is 7.11 Å². The standard InChI is InChI=1S/C16H20O2/c1-3-4-5-6-7-8-9-10-11-12-13-14-15-16(17)18-2/h1,6-9H,4-5,12-15H2,2H3. The number of terminal acetylenes is 1. The van der Waals surface area contributed by atoms with Gasteiger partial charge in [-0.1, -0.05) is 30.1 Å². The topological polar surface area (TPSA) is 26.3 Å². The number of allylic oxidation sites excluding steroid dienone is 4. The van der Waals surface area contributed by atoms with Crippen LogP contribution in [0.25, 0.3) is 0 Å². The smallest absolute Gasteiger partial charge is 0.305 e. The van der Waals surface area contributed by atoms with Crippen LogP contribution in [0.4, 0.5) is 0 Å². The number of unbranched alkanes of at least 4 members (excludes halogenated alkanes) is 3. The molecule has 96 valence electrons. The minimum atomic E-state index is -0.153. The van der Waals surface area contributed by atoms with Gasteiger partial charge in [0.25, 0.3) is 0 Å². The average molecular weight is 244 g/mol. The second-order valence-electron chi connectivity index (χ2n) is 3.63. The van der Waals surface area contributed by atoms with Crippen molar-refractivity contribution < 1.29 is 9.53 Å². The number of hydrogen-bond donors (Lipinski definition) is 0. The van der Waals surface area contributed by atoms with Crippen molar-refractivity contribution in [2.75, 3.05) is 7.11 Å². The zero-order chi connectivity index (χ0) is 13.5. The Balaban J connectivity index is 3.49. The predicted octanol–water partition coefficient (Wildman–Crippen LogP) is 3.25. The molecule has 0 aromatic carbocycles. The van der Waals surface area contributed by atoms with Gasteiger partial charge in [0.15, 0.2) is 0 Å². The first-order chi connectivity index (χ1) is 8.81. The fourth-order valence-corrected chi connectivity index (χ4v) is 1.16. The lowest BCUT2D eigenvalue weighted by molar-refractivity contribution is -0.140. The van der Waals surface area contributed by atoms with Gasteiger partial charge in [-0.3, -0.25) is 4.79 Å². The molecule has 0 aliphatic carbocycles. The third-order valence-electron chi connectivity index (χ3n) is 2.14. The Labute approximate surface area is 110 Å². The van der Waals surface area contributed by atoms with Crippen LogP contribution in [0.5, 0.6) is 0 Å². The first kappa shape index (κ1) is 16.1. The van der Waals surface area contributed by atoms with Crippen molar-refractivity contribution in [2.45, 2.75) is 38.5 Å². The number of hydrogen-bond acceptors (Lipinski definition) is 2. The summed E-state index contributed by atoms with van der Waals surface area (Å²) in [6.45, 7) is 0. The molecular formula is C16H20O2. The molecule has 18 heavy (non-hydrogen) atoms. The summed E-state index contributed by atoms with van der Waals surface area (Å²) in [5, 5.41) is 0. The maximum Gasteiger partial charge on any atom is 0.305 e. The van der Waals surface area contributed by atoms with Gasteiger partial charge in [-0.2, -0.15) is 0 Å². The van der Waals surface area contributed by atoms with Crippen molar-refractivity contribution in [1.82, 2.24) is 0 Å². The minimum absolute atomic E-state index is 0.153. The van der Waals surface area contributed by atoms with E-state index < -0.39 is 0 Å². The van der Waals surface area contributed by atoms with Gasteiger partial charge in [0.05, 0.1) is 7.11 Å². The molecule has 0 rings (SSSR count). The summed E-state index contributed by atoms with van der Waals surface area (Å²) in [6, 6.07) is 0.